The number of aryl methyl sites for hydroxylation is 2. The molecule has 0 saturated carbocycles. The number of amides is 1. The van der Waals surface area contributed by atoms with Gasteiger partial charge in [-0.15, -0.1) is 0 Å². The van der Waals surface area contributed by atoms with Gasteiger partial charge in [-0.3, -0.25) is 4.79 Å². The molecule has 30 heavy (non-hydrogen) atoms. The third-order valence-electron chi connectivity index (χ3n) is 4.99. The highest BCUT2D eigenvalue weighted by Crippen LogP contribution is 2.24. The number of imidazole rings is 1. The Morgan fingerprint density at radius 2 is 2.13 bits per heavy atom. The van der Waals surface area contributed by atoms with E-state index in [1.165, 1.54) is 0 Å². The van der Waals surface area contributed by atoms with Gasteiger partial charge in [0.05, 0.1) is 36.7 Å². The number of hydrogen-bond donors (Lipinski definition) is 2. The normalized spacial score (nSPS) is 19.0. The van der Waals surface area contributed by atoms with Gasteiger partial charge in [0.1, 0.15) is 0 Å². The zero-order valence-corrected chi connectivity index (χ0v) is 18.2. The molecule has 164 valence electrons. The van der Waals surface area contributed by atoms with Crippen LogP contribution < -0.4 is 10.2 Å². The predicted octanol–water partition coefficient (Wildman–Crippen LogP) is 2.12. The summed E-state index contributed by atoms with van der Waals surface area (Å²) in [6.07, 6.45) is 0.939. The van der Waals surface area contributed by atoms with Gasteiger partial charge in [0, 0.05) is 13.7 Å². The molecule has 2 atom stereocenters. The number of halogens is 1. The number of oxazole rings is 1. The standard InChI is InChI=1S/C19H26ClN5O5/c1-5-11-15(20)24-16(22-11)17(26)23-12-7-8-25(9-13(12)28-4)19-21-10(3)14(30-19)18(27)29-6-2/h12-13H,5-9H2,1-4H3,(H,22,24)(H,23,26)/t12-,13+/m1/s1. The number of rotatable bonds is 7. The Morgan fingerprint density at radius 3 is 2.77 bits per heavy atom. The summed E-state index contributed by atoms with van der Waals surface area (Å²) < 4.78 is 16.2. The number of ether oxygens (including phenoxy) is 2. The van der Waals surface area contributed by atoms with Gasteiger partial charge < -0.3 is 29.1 Å². The molecule has 0 bridgehead atoms. The summed E-state index contributed by atoms with van der Waals surface area (Å²) in [4.78, 5) is 37.8. The highest BCUT2D eigenvalue weighted by atomic mass is 35.5. The fraction of sp³-hybridized carbons (Fsp3) is 0.579. The van der Waals surface area contributed by atoms with Crippen LogP contribution in [0, 0.1) is 6.92 Å². The number of methoxy groups -OCH3 is 1. The van der Waals surface area contributed by atoms with E-state index in [9.17, 15) is 9.59 Å². The summed E-state index contributed by atoms with van der Waals surface area (Å²) in [5, 5.41) is 3.26. The van der Waals surface area contributed by atoms with E-state index in [1.807, 2.05) is 11.8 Å². The van der Waals surface area contributed by atoms with E-state index in [0.29, 0.717) is 42.8 Å². The number of esters is 1. The minimum absolute atomic E-state index is 0.0951. The zero-order chi connectivity index (χ0) is 21.8. The molecular weight excluding hydrogens is 414 g/mol. The lowest BCUT2D eigenvalue weighted by Crippen LogP contribution is -2.55. The molecule has 2 aromatic rings. The molecule has 1 saturated heterocycles. The Labute approximate surface area is 179 Å². The summed E-state index contributed by atoms with van der Waals surface area (Å²) in [5.41, 5.74) is 1.19. The number of nitrogens with one attached hydrogen (secondary N) is 2. The van der Waals surface area contributed by atoms with Gasteiger partial charge in [-0.05, 0) is 26.7 Å². The number of hydrogen-bond acceptors (Lipinski definition) is 8. The molecule has 0 spiro atoms. The molecule has 0 radical (unpaired) electrons. The van der Waals surface area contributed by atoms with Gasteiger partial charge in [0.2, 0.25) is 5.76 Å². The molecule has 11 heteroatoms. The van der Waals surface area contributed by atoms with Gasteiger partial charge in [0.15, 0.2) is 11.0 Å². The maximum absolute atomic E-state index is 12.6. The fourth-order valence-corrected chi connectivity index (χ4v) is 3.63. The van der Waals surface area contributed by atoms with Crippen LogP contribution in [0.4, 0.5) is 6.01 Å². The lowest BCUT2D eigenvalue weighted by Gasteiger charge is -2.37. The first kappa shape index (κ1) is 22.1. The van der Waals surface area contributed by atoms with Crippen molar-refractivity contribution in [2.45, 2.75) is 45.8 Å². The zero-order valence-electron chi connectivity index (χ0n) is 17.5. The Morgan fingerprint density at radius 1 is 1.37 bits per heavy atom. The van der Waals surface area contributed by atoms with Crippen molar-refractivity contribution in [3.05, 3.63) is 28.1 Å². The largest absolute Gasteiger partial charge is 0.460 e. The van der Waals surface area contributed by atoms with Crippen molar-refractivity contribution < 1.29 is 23.5 Å². The second-order valence-electron chi connectivity index (χ2n) is 6.93. The molecule has 1 aliphatic heterocycles. The van der Waals surface area contributed by atoms with E-state index in [-0.39, 0.29) is 36.2 Å². The maximum Gasteiger partial charge on any atom is 0.376 e. The monoisotopic (exact) mass is 439 g/mol. The highest BCUT2D eigenvalue weighted by molar-refractivity contribution is 6.30. The number of carbonyl (C=O) groups excluding carboxylic acids is 2. The van der Waals surface area contributed by atoms with Crippen LogP contribution in [0.25, 0.3) is 0 Å². The van der Waals surface area contributed by atoms with Crippen LogP contribution in [0.2, 0.25) is 5.15 Å². The molecule has 2 N–H and O–H groups in total. The minimum atomic E-state index is -0.539. The number of piperidine rings is 1. The number of H-pyrrole nitrogens is 1. The number of anilines is 1. The van der Waals surface area contributed by atoms with E-state index < -0.39 is 5.97 Å². The number of nitrogens with zero attached hydrogens (tertiary/aromatic N) is 3. The molecule has 0 unspecified atom stereocenters. The highest BCUT2D eigenvalue weighted by Gasteiger charge is 2.34. The van der Waals surface area contributed by atoms with Crippen molar-refractivity contribution in [3.63, 3.8) is 0 Å². The van der Waals surface area contributed by atoms with Gasteiger partial charge in [-0.2, -0.15) is 4.98 Å². The van der Waals surface area contributed by atoms with Crippen LogP contribution >= 0.6 is 11.6 Å². The number of aromatic amines is 1. The van der Waals surface area contributed by atoms with Gasteiger partial charge in [0.25, 0.3) is 11.9 Å². The molecular formula is C19H26ClN5O5. The smallest absolute Gasteiger partial charge is 0.376 e. The Kier molecular flexibility index (Phi) is 6.99. The van der Waals surface area contributed by atoms with Crippen LogP contribution in [0.5, 0.6) is 0 Å². The molecule has 1 aliphatic rings. The quantitative estimate of drug-likeness (QED) is 0.629. The fourth-order valence-electron chi connectivity index (χ4n) is 3.36. The third kappa shape index (κ3) is 4.59. The average molecular weight is 440 g/mol. The van der Waals surface area contributed by atoms with Crippen molar-refractivity contribution in [2.75, 3.05) is 31.7 Å². The van der Waals surface area contributed by atoms with Crippen LogP contribution in [-0.4, -0.2) is 65.8 Å². The van der Waals surface area contributed by atoms with Crippen molar-refractivity contribution in [1.29, 1.82) is 0 Å². The lowest BCUT2D eigenvalue weighted by molar-refractivity contribution is 0.0480. The van der Waals surface area contributed by atoms with Crippen molar-refractivity contribution in [3.8, 4) is 0 Å². The first-order valence-electron chi connectivity index (χ1n) is 9.85. The average Bonchev–Trinajstić information content (AvgIpc) is 3.31. The number of aromatic nitrogens is 3. The number of carbonyl (C=O) groups is 2. The lowest BCUT2D eigenvalue weighted by atomic mass is 10.0. The maximum atomic E-state index is 12.6. The molecule has 0 aliphatic carbocycles. The van der Waals surface area contributed by atoms with Crippen LogP contribution in [0.1, 0.15) is 52.8 Å². The van der Waals surface area contributed by atoms with E-state index in [1.54, 1.807) is 21.0 Å². The van der Waals surface area contributed by atoms with E-state index >= 15 is 0 Å². The Bertz CT molecular complexity index is 911. The molecule has 3 rings (SSSR count). The van der Waals surface area contributed by atoms with Crippen molar-refractivity contribution in [2.24, 2.45) is 0 Å². The third-order valence-corrected chi connectivity index (χ3v) is 5.30. The van der Waals surface area contributed by atoms with Crippen LogP contribution in [0.15, 0.2) is 4.42 Å². The molecule has 2 aromatic heterocycles. The topological polar surface area (TPSA) is 123 Å². The summed E-state index contributed by atoms with van der Waals surface area (Å²) in [5.74, 6) is -0.606. The van der Waals surface area contributed by atoms with Crippen LogP contribution in [-0.2, 0) is 15.9 Å². The van der Waals surface area contributed by atoms with Gasteiger partial charge in [-0.1, -0.05) is 18.5 Å². The summed E-state index contributed by atoms with van der Waals surface area (Å²) >= 11 is 6.03. The predicted molar refractivity (Wildman–Crippen MR) is 109 cm³/mol. The first-order chi connectivity index (χ1) is 14.4. The molecule has 1 fully saturated rings. The first-order valence-corrected chi connectivity index (χ1v) is 10.2. The molecule has 1 amide bonds. The Balaban J connectivity index is 1.67. The molecule has 0 aromatic carbocycles. The Hall–Kier alpha value is -2.59. The molecule has 10 nitrogen and oxygen atoms in total. The van der Waals surface area contributed by atoms with E-state index in [0.717, 1.165) is 5.69 Å². The van der Waals surface area contributed by atoms with E-state index in [4.69, 9.17) is 25.5 Å². The summed E-state index contributed by atoms with van der Waals surface area (Å²) in [6, 6.07) is 0.0982. The SMILES string of the molecule is CCOC(=O)c1oc(N2CC[C@@H](NC(=O)c3nc(Cl)c(CC)[nH]3)[C@@H](OC)C2)nc1C. The van der Waals surface area contributed by atoms with Gasteiger partial charge in [-0.25, -0.2) is 9.78 Å². The summed E-state index contributed by atoms with van der Waals surface area (Å²) in [6.45, 7) is 6.60. The van der Waals surface area contributed by atoms with Crippen molar-refractivity contribution >= 4 is 29.5 Å². The van der Waals surface area contributed by atoms with Gasteiger partial charge >= 0.3 is 5.97 Å². The second kappa shape index (κ2) is 9.48. The van der Waals surface area contributed by atoms with Crippen molar-refractivity contribution in [1.82, 2.24) is 20.3 Å². The minimum Gasteiger partial charge on any atom is -0.460 e. The van der Waals surface area contributed by atoms with Crippen LogP contribution in [0.3, 0.4) is 0 Å². The summed E-state index contributed by atoms with van der Waals surface area (Å²) in [7, 11) is 1.58. The molecule has 3 heterocycles. The van der Waals surface area contributed by atoms with E-state index in [2.05, 4.69) is 20.3 Å². The second-order valence-corrected chi connectivity index (χ2v) is 7.29.